The number of hydrogen-bond acceptors (Lipinski definition) is 0. The van der Waals surface area contributed by atoms with Crippen LogP contribution in [0.2, 0.25) is 0 Å². The number of rotatable bonds is 2. The summed E-state index contributed by atoms with van der Waals surface area (Å²) in [5.41, 5.74) is 1.23. The number of alkyl halides is 1. The highest BCUT2D eigenvalue weighted by molar-refractivity contribution is 9.09. The fourth-order valence-corrected chi connectivity index (χ4v) is 0.941. The van der Waals surface area contributed by atoms with Crippen molar-refractivity contribution in [3.8, 4) is 0 Å². The Morgan fingerprint density at radius 2 is 2.12 bits per heavy atom. The lowest BCUT2D eigenvalue weighted by molar-refractivity contribution is 1.15. The van der Waals surface area contributed by atoms with E-state index in [0.717, 1.165) is 16.8 Å². The molecule has 0 unspecified atom stereocenters. The van der Waals surface area contributed by atoms with Gasteiger partial charge in [0.15, 0.2) is 0 Å². The maximum Gasteiger partial charge on any atom is 0.0253 e. The molecule has 0 bridgehead atoms. The van der Waals surface area contributed by atoms with Gasteiger partial charge in [0.05, 0.1) is 0 Å². The predicted octanol–water partition coefficient (Wildman–Crippen LogP) is 3.30. The summed E-state index contributed by atoms with van der Waals surface area (Å²) in [5, 5.41) is 1.86. The monoisotopic (exact) mass is 196 g/mol. The van der Waals surface area contributed by atoms with E-state index < -0.39 is 0 Å². The average molecular weight is 198 g/mol. The van der Waals surface area contributed by atoms with E-state index in [2.05, 4.69) is 22.9 Å². The van der Waals surface area contributed by atoms with Crippen molar-refractivity contribution in [2.75, 3.05) is 5.33 Å². The molecule has 0 aliphatic heterocycles. The quantitative estimate of drug-likeness (QED) is 0.596. The lowest BCUT2D eigenvalue weighted by atomic mass is 10.3. The van der Waals surface area contributed by atoms with Crippen LogP contribution in [0.25, 0.3) is 0 Å². The second-order valence-electron chi connectivity index (χ2n) is 1.67. The summed E-state index contributed by atoms with van der Waals surface area (Å²) in [6.07, 6.45) is 0.943. The first-order chi connectivity index (χ1) is 3.72. The first-order valence-electron chi connectivity index (χ1n) is 2.62. The van der Waals surface area contributed by atoms with Gasteiger partial charge in [-0.25, -0.2) is 0 Å². The van der Waals surface area contributed by atoms with Crippen LogP contribution in [0.3, 0.4) is 0 Å². The molecular weight excluding hydrogens is 187 g/mol. The summed E-state index contributed by atoms with van der Waals surface area (Å²) in [4.78, 5) is 0. The molecule has 0 heterocycles. The van der Waals surface area contributed by atoms with Gasteiger partial charge in [-0.2, -0.15) is 0 Å². The Morgan fingerprint density at radius 1 is 1.62 bits per heavy atom. The van der Waals surface area contributed by atoms with Crippen LogP contribution < -0.4 is 0 Å². The van der Waals surface area contributed by atoms with Crippen LogP contribution in [0.5, 0.6) is 0 Å². The minimum atomic E-state index is 0.889. The molecule has 0 atom stereocenters. The van der Waals surface area contributed by atoms with Crippen LogP contribution in [0, 0.1) is 0 Å². The fraction of sp³-hybridized carbons (Fsp3) is 0.667. The molecule has 0 rings (SSSR count). The van der Waals surface area contributed by atoms with Crippen molar-refractivity contribution in [2.45, 2.75) is 20.3 Å². The highest BCUT2D eigenvalue weighted by atomic mass is 79.9. The van der Waals surface area contributed by atoms with Crippen molar-refractivity contribution >= 4 is 27.5 Å². The van der Waals surface area contributed by atoms with Gasteiger partial charge in [0, 0.05) is 10.4 Å². The van der Waals surface area contributed by atoms with Crippen molar-refractivity contribution in [2.24, 2.45) is 0 Å². The number of hydrogen-bond donors (Lipinski definition) is 0. The summed E-state index contributed by atoms with van der Waals surface area (Å²) < 4.78 is 0. The highest BCUT2D eigenvalue weighted by Gasteiger charge is 1.91. The minimum Gasteiger partial charge on any atom is -0.0892 e. The van der Waals surface area contributed by atoms with Crippen LogP contribution in [-0.4, -0.2) is 5.33 Å². The van der Waals surface area contributed by atoms with Gasteiger partial charge in [0.1, 0.15) is 0 Å². The molecule has 0 aliphatic rings. The van der Waals surface area contributed by atoms with Crippen molar-refractivity contribution in [3.05, 3.63) is 10.6 Å². The van der Waals surface area contributed by atoms with Crippen LogP contribution in [0.1, 0.15) is 20.3 Å². The van der Waals surface area contributed by atoms with Gasteiger partial charge in [-0.15, -0.1) is 0 Å². The van der Waals surface area contributed by atoms with E-state index >= 15 is 0 Å². The maximum atomic E-state index is 5.77. The molecule has 2 heteroatoms. The Hall–Kier alpha value is 0.510. The Morgan fingerprint density at radius 3 is 2.25 bits per heavy atom. The van der Waals surface area contributed by atoms with Crippen molar-refractivity contribution in [1.82, 2.24) is 0 Å². The van der Waals surface area contributed by atoms with E-state index in [4.69, 9.17) is 11.6 Å². The van der Waals surface area contributed by atoms with Gasteiger partial charge in [0.25, 0.3) is 0 Å². The molecule has 0 saturated carbocycles. The zero-order valence-corrected chi connectivity index (χ0v) is 7.51. The third-order valence-corrected chi connectivity index (χ3v) is 2.40. The van der Waals surface area contributed by atoms with Crippen LogP contribution >= 0.6 is 27.5 Å². The molecule has 0 aromatic heterocycles. The summed E-state index contributed by atoms with van der Waals surface area (Å²) >= 11 is 9.08. The summed E-state index contributed by atoms with van der Waals surface area (Å²) in [7, 11) is 0. The number of halogens is 2. The van der Waals surface area contributed by atoms with Crippen molar-refractivity contribution in [1.29, 1.82) is 0 Å². The third kappa shape index (κ3) is 2.73. The molecule has 0 aromatic rings. The zero-order chi connectivity index (χ0) is 6.57. The number of allylic oxidation sites excluding steroid dienone is 2. The molecule has 0 spiro atoms. The minimum absolute atomic E-state index is 0.889. The largest absolute Gasteiger partial charge is 0.0892 e. The van der Waals surface area contributed by atoms with Crippen LogP contribution in [-0.2, 0) is 0 Å². The van der Waals surface area contributed by atoms with Gasteiger partial charge in [-0.1, -0.05) is 34.5 Å². The molecule has 0 aromatic carbocycles. The Bertz CT molecular complexity index is 84.7. The Balaban J connectivity index is 3.83. The van der Waals surface area contributed by atoms with E-state index in [-0.39, 0.29) is 0 Å². The lowest BCUT2D eigenvalue weighted by Gasteiger charge is -1.95. The summed E-state index contributed by atoms with van der Waals surface area (Å²) in [6, 6.07) is 0. The predicted molar refractivity (Wildman–Crippen MR) is 42.6 cm³/mol. The highest BCUT2D eigenvalue weighted by Crippen LogP contribution is 2.13. The lowest BCUT2D eigenvalue weighted by Crippen LogP contribution is -1.79. The molecule has 0 nitrogen and oxygen atoms in total. The standard InChI is InChI=1S/C6H10BrCl/c1-3-6(8)5(2)4-7/h3-4H2,1-2H3/b6-5+. The van der Waals surface area contributed by atoms with Gasteiger partial charge >= 0.3 is 0 Å². The SMILES string of the molecule is CC/C(Cl)=C(/C)CBr. The molecule has 0 fully saturated rings. The molecule has 0 radical (unpaired) electrons. The van der Waals surface area contributed by atoms with Gasteiger partial charge in [-0.3, -0.25) is 0 Å². The van der Waals surface area contributed by atoms with Crippen LogP contribution in [0.15, 0.2) is 10.6 Å². The Labute approximate surface area is 64.0 Å². The van der Waals surface area contributed by atoms with E-state index in [1.807, 2.05) is 6.92 Å². The molecule has 48 valence electrons. The molecule has 0 saturated heterocycles. The fourth-order valence-electron chi connectivity index (χ4n) is 0.374. The molecule has 0 aliphatic carbocycles. The van der Waals surface area contributed by atoms with Gasteiger partial charge in [-0.05, 0) is 18.9 Å². The summed E-state index contributed by atoms with van der Waals surface area (Å²) in [6.45, 7) is 4.08. The summed E-state index contributed by atoms with van der Waals surface area (Å²) in [5.74, 6) is 0. The first-order valence-corrected chi connectivity index (χ1v) is 4.12. The van der Waals surface area contributed by atoms with E-state index in [1.54, 1.807) is 0 Å². The van der Waals surface area contributed by atoms with E-state index in [1.165, 1.54) is 5.57 Å². The first kappa shape index (κ1) is 8.51. The third-order valence-electron chi connectivity index (χ3n) is 0.974. The van der Waals surface area contributed by atoms with Gasteiger partial charge < -0.3 is 0 Å². The molecule has 0 amide bonds. The van der Waals surface area contributed by atoms with Crippen molar-refractivity contribution < 1.29 is 0 Å². The van der Waals surface area contributed by atoms with E-state index in [9.17, 15) is 0 Å². The van der Waals surface area contributed by atoms with Gasteiger partial charge in [0.2, 0.25) is 0 Å². The molecule has 8 heavy (non-hydrogen) atoms. The topological polar surface area (TPSA) is 0 Å². The van der Waals surface area contributed by atoms with Crippen molar-refractivity contribution in [3.63, 3.8) is 0 Å². The second kappa shape index (κ2) is 4.39. The normalized spacial score (nSPS) is 13.5. The second-order valence-corrected chi connectivity index (χ2v) is 2.69. The smallest absolute Gasteiger partial charge is 0.0253 e. The molecular formula is C6H10BrCl. The maximum absolute atomic E-state index is 5.77. The Kier molecular flexibility index (Phi) is 4.68. The molecule has 0 N–H and O–H groups in total. The zero-order valence-electron chi connectivity index (χ0n) is 5.17. The van der Waals surface area contributed by atoms with Crippen LogP contribution in [0.4, 0.5) is 0 Å². The van der Waals surface area contributed by atoms with E-state index in [0.29, 0.717) is 0 Å². The average Bonchev–Trinajstić information content (AvgIpc) is 1.84.